The van der Waals surface area contributed by atoms with Crippen LogP contribution in [0.4, 0.5) is 10.5 Å². The van der Waals surface area contributed by atoms with Gasteiger partial charge in [-0.25, -0.2) is 9.59 Å². The number of hydrogen-bond acceptors (Lipinski definition) is 6. The van der Waals surface area contributed by atoms with E-state index < -0.39 is 24.0 Å². The first-order valence-electron chi connectivity index (χ1n) is 6.12. The van der Waals surface area contributed by atoms with E-state index in [9.17, 15) is 14.4 Å². The van der Waals surface area contributed by atoms with Crippen LogP contribution in [0.25, 0.3) is 0 Å². The van der Waals surface area contributed by atoms with Gasteiger partial charge in [-0.05, 0) is 19.1 Å². The number of ether oxygens (including phenoxy) is 2. The number of hydrogen-bond donors (Lipinski definition) is 3. The minimum atomic E-state index is -1.11. The normalized spacial score (nSPS) is 11.1. The molecular formula is C13H17N3O5. The highest BCUT2D eigenvalue weighted by atomic mass is 16.6. The minimum absolute atomic E-state index is 0.374. The number of amides is 3. The zero-order chi connectivity index (χ0) is 15.8. The quantitative estimate of drug-likeness (QED) is 0.521. The molecule has 0 heterocycles. The Morgan fingerprint density at radius 2 is 2.05 bits per heavy atom. The van der Waals surface area contributed by atoms with Crippen LogP contribution in [-0.2, 0) is 14.3 Å². The maximum absolute atomic E-state index is 11.5. The fourth-order valence-corrected chi connectivity index (χ4v) is 1.31. The zero-order valence-electron chi connectivity index (χ0n) is 11.7. The molecule has 0 aliphatic heterocycles. The number of imide groups is 1. The summed E-state index contributed by atoms with van der Waals surface area (Å²) in [5.74, 6) is -1.06. The van der Waals surface area contributed by atoms with E-state index in [0.717, 1.165) is 0 Å². The van der Waals surface area contributed by atoms with Crippen molar-refractivity contribution < 1.29 is 23.9 Å². The third-order valence-corrected chi connectivity index (χ3v) is 2.36. The van der Waals surface area contributed by atoms with E-state index in [1.807, 2.05) is 5.32 Å². The first-order valence-corrected chi connectivity index (χ1v) is 6.12. The Morgan fingerprint density at radius 3 is 2.67 bits per heavy atom. The number of carbonyl (C=O) groups excluding carboxylic acids is 3. The molecule has 0 bridgehead atoms. The summed E-state index contributed by atoms with van der Waals surface area (Å²) >= 11 is 0. The lowest BCUT2D eigenvalue weighted by Gasteiger charge is -2.13. The van der Waals surface area contributed by atoms with E-state index in [2.05, 4.69) is 5.32 Å². The van der Waals surface area contributed by atoms with Crippen LogP contribution < -0.4 is 21.1 Å². The smallest absolute Gasteiger partial charge is 0.344 e. The van der Waals surface area contributed by atoms with Crippen molar-refractivity contribution in [3.63, 3.8) is 0 Å². The Hall–Kier alpha value is -2.77. The molecule has 4 N–H and O–H groups in total. The molecule has 0 spiro atoms. The molecule has 1 atom stereocenters. The van der Waals surface area contributed by atoms with Gasteiger partial charge in [-0.2, -0.15) is 0 Å². The van der Waals surface area contributed by atoms with Gasteiger partial charge in [0.05, 0.1) is 0 Å². The van der Waals surface area contributed by atoms with Crippen molar-refractivity contribution in [2.24, 2.45) is 0 Å². The van der Waals surface area contributed by atoms with Crippen molar-refractivity contribution in [1.29, 1.82) is 0 Å². The summed E-state index contributed by atoms with van der Waals surface area (Å²) in [7, 11) is 1.36. The van der Waals surface area contributed by atoms with Gasteiger partial charge in [-0.15, -0.1) is 0 Å². The van der Waals surface area contributed by atoms with Gasteiger partial charge in [-0.3, -0.25) is 10.1 Å². The van der Waals surface area contributed by atoms with Crippen molar-refractivity contribution in [3.8, 4) is 5.75 Å². The monoisotopic (exact) mass is 295 g/mol. The molecule has 1 unspecified atom stereocenters. The van der Waals surface area contributed by atoms with Crippen molar-refractivity contribution >= 4 is 23.6 Å². The second kappa shape index (κ2) is 7.73. The average Bonchev–Trinajstić information content (AvgIpc) is 2.45. The predicted octanol–water partition coefficient (Wildman–Crippen LogP) is 0.0349. The third-order valence-electron chi connectivity index (χ3n) is 2.36. The Kier molecular flexibility index (Phi) is 5.99. The fourth-order valence-electron chi connectivity index (χ4n) is 1.31. The molecule has 0 radical (unpaired) electrons. The maximum Gasteiger partial charge on any atom is 0.344 e. The van der Waals surface area contributed by atoms with Gasteiger partial charge in [0.1, 0.15) is 5.75 Å². The standard InChI is InChI=1S/C13H17N3O5/c1-8(12(18)16-13(19)15-2)21-11(17)7-20-10-5-3-4-9(14)6-10/h3-6,8H,7,14H2,1-2H3,(H2,15,16,18,19). The highest BCUT2D eigenvalue weighted by Gasteiger charge is 2.19. The lowest BCUT2D eigenvalue weighted by Crippen LogP contribution is -2.43. The predicted molar refractivity (Wildman–Crippen MR) is 74.5 cm³/mol. The van der Waals surface area contributed by atoms with Crippen LogP contribution in [0.15, 0.2) is 24.3 Å². The fraction of sp³-hybridized carbons (Fsp3) is 0.308. The molecule has 1 aromatic carbocycles. The number of carbonyl (C=O) groups is 3. The molecule has 8 nitrogen and oxygen atoms in total. The molecule has 8 heteroatoms. The zero-order valence-corrected chi connectivity index (χ0v) is 11.7. The van der Waals surface area contributed by atoms with Crippen LogP contribution in [0.5, 0.6) is 5.75 Å². The highest BCUT2D eigenvalue weighted by molar-refractivity contribution is 5.97. The lowest BCUT2D eigenvalue weighted by atomic mass is 10.3. The summed E-state index contributed by atoms with van der Waals surface area (Å²) in [5.41, 5.74) is 6.06. The molecule has 1 aromatic rings. The van der Waals surface area contributed by atoms with Gasteiger partial charge in [0, 0.05) is 18.8 Å². The number of esters is 1. The van der Waals surface area contributed by atoms with E-state index in [1.54, 1.807) is 24.3 Å². The second-order valence-corrected chi connectivity index (χ2v) is 4.06. The molecule has 0 aromatic heterocycles. The Labute approximate surface area is 121 Å². The molecule has 1 rings (SSSR count). The number of nitrogens with one attached hydrogen (secondary N) is 2. The second-order valence-electron chi connectivity index (χ2n) is 4.06. The van der Waals surface area contributed by atoms with Crippen molar-refractivity contribution in [1.82, 2.24) is 10.6 Å². The number of rotatable bonds is 5. The molecule has 0 saturated carbocycles. The molecule has 0 saturated heterocycles. The van der Waals surface area contributed by atoms with Gasteiger partial charge >= 0.3 is 12.0 Å². The van der Waals surface area contributed by atoms with E-state index in [-0.39, 0.29) is 6.61 Å². The van der Waals surface area contributed by atoms with Gasteiger partial charge in [0.2, 0.25) is 0 Å². The molecule has 21 heavy (non-hydrogen) atoms. The number of benzene rings is 1. The average molecular weight is 295 g/mol. The molecule has 3 amide bonds. The van der Waals surface area contributed by atoms with Gasteiger partial charge in [-0.1, -0.05) is 6.07 Å². The first-order chi connectivity index (χ1) is 9.92. The van der Waals surface area contributed by atoms with Crippen molar-refractivity contribution in [3.05, 3.63) is 24.3 Å². The van der Waals surface area contributed by atoms with Crippen molar-refractivity contribution in [2.45, 2.75) is 13.0 Å². The van der Waals surface area contributed by atoms with E-state index in [1.165, 1.54) is 14.0 Å². The van der Waals surface area contributed by atoms with E-state index in [4.69, 9.17) is 15.2 Å². The Balaban J connectivity index is 2.39. The number of anilines is 1. The van der Waals surface area contributed by atoms with E-state index >= 15 is 0 Å². The highest BCUT2D eigenvalue weighted by Crippen LogP contribution is 2.14. The summed E-state index contributed by atoms with van der Waals surface area (Å²) in [5, 5.41) is 4.20. The van der Waals surface area contributed by atoms with Crippen LogP contribution in [0.1, 0.15) is 6.92 Å². The largest absolute Gasteiger partial charge is 0.482 e. The Morgan fingerprint density at radius 1 is 1.33 bits per heavy atom. The third kappa shape index (κ3) is 5.81. The minimum Gasteiger partial charge on any atom is -0.482 e. The molecular weight excluding hydrogens is 278 g/mol. The van der Waals surface area contributed by atoms with Crippen LogP contribution in [0.2, 0.25) is 0 Å². The first kappa shape index (κ1) is 16.3. The number of nitrogens with two attached hydrogens (primary N) is 1. The lowest BCUT2D eigenvalue weighted by molar-refractivity contribution is -0.156. The van der Waals surface area contributed by atoms with Crippen molar-refractivity contribution in [2.75, 3.05) is 19.4 Å². The number of urea groups is 1. The Bertz CT molecular complexity index is 532. The number of nitrogen functional groups attached to an aromatic ring is 1. The van der Waals surface area contributed by atoms with Gasteiger partial charge in [0.15, 0.2) is 12.7 Å². The van der Waals surface area contributed by atoms with Crippen LogP contribution >= 0.6 is 0 Å². The van der Waals surface area contributed by atoms with Crippen LogP contribution in [-0.4, -0.2) is 37.7 Å². The summed E-state index contributed by atoms with van der Waals surface area (Å²) in [6.45, 7) is 0.970. The summed E-state index contributed by atoms with van der Waals surface area (Å²) < 4.78 is 9.99. The van der Waals surface area contributed by atoms with E-state index in [0.29, 0.717) is 11.4 Å². The summed E-state index contributed by atoms with van der Waals surface area (Å²) in [6.07, 6.45) is -1.11. The molecule has 0 fully saturated rings. The summed E-state index contributed by atoms with van der Waals surface area (Å²) in [6, 6.07) is 5.85. The molecule has 0 aliphatic carbocycles. The van der Waals surface area contributed by atoms with Gasteiger partial charge < -0.3 is 20.5 Å². The van der Waals surface area contributed by atoms with Crippen LogP contribution in [0.3, 0.4) is 0 Å². The van der Waals surface area contributed by atoms with Gasteiger partial charge in [0.25, 0.3) is 5.91 Å². The topological polar surface area (TPSA) is 120 Å². The molecule has 0 aliphatic rings. The maximum atomic E-state index is 11.5. The SMILES string of the molecule is CNC(=O)NC(=O)C(C)OC(=O)COc1cccc(N)c1. The summed E-state index contributed by atoms with van der Waals surface area (Å²) in [4.78, 5) is 33.9. The van der Waals surface area contributed by atoms with Crippen LogP contribution in [0, 0.1) is 0 Å². The molecule has 114 valence electrons.